The third-order valence-electron chi connectivity index (χ3n) is 4.26. The van der Waals surface area contributed by atoms with E-state index in [2.05, 4.69) is 25.3 Å². The Labute approximate surface area is 161 Å². The third-order valence-corrected chi connectivity index (χ3v) is 5.35. The van der Waals surface area contributed by atoms with Crippen molar-refractivity contribution < 1.29 is 42.8 Å². The Morgan fingerprint density at radius 3 is 1.85 bits per heavy atom. The molecule has 0 amide bonds. The summed E-state index contributed by atoms with van der Waals surface area (Å²) < 4.78 is 21.7. The van der Waals surface area contributed by atoms with E-state index in [0.717, 1.165) is 30.7 Å². The summed E-state index contributed by atoms with van der Waals surface area (Å²) in [7, 11) is -3.82. The Morgan fingerprint density at radius 1 is 1.11 bits per heavy atom. The van der Waals surface area contributed by atoms with Crippen molar-refractivity contribution in [3.63, 3.8) is 0 Å². The summed E-state index contributed by atoms with van der Waals surface area (Å²) in [6.07, 6.45) is 0.653. The first-order valence-corrected chi connectivity index (χ1v) is 10.5. The summed E-state index contributed by atoms with van der Waals surface area (Å²) in [5.74, 6) is -3.03. The monoisotopic (exact) mass is 411 g/mol. The zero-order valence-electron chi connectivity index (χ0n) is 17.1. The SMILES string of the molecule is CC(C)/C(=C/C(=O)O)C(=O)[O-].CCOP(=O)(O)OCC[N+](CC)(CC)CC. The minimum absolute atomic E-state index is 0.184. The lowest BCUT2D eigenvalue weighted by molar-refractivity contribution is -0.923. The molecule has 10 heteroatoms. The second-order valence-electron chi connectivity index (χ2n) is 6.11. The summed E-state index contributed by atoms with van der Waals surface area (Å²) in [5, 5.41) is 18.4. The van der Waals surface area contributed by atoms with Crippen molar-refractivity contribution in [2.75, 3.05) is 39.4 Å². The molecule has 0 aromatic rings. The van der Waals surface area contributed by atoms with Gasteiger partial charge in [0.15, 0.2) is 0 Å². The molecule has 0 rings (SSSR count). The highest BCUT2D eigenvalue weighted by atomic mass is 31.2. The second-order valence-corrected chi connectivity index (χ2v) is 7.57. The predicted molar refractivity (Wildman–Crippen MR) is 99.7 cm³/mol. The fourth-order valence-electron chi connectivity index (χ4n) is 2.29. The van der Waals surface area contributed by atoms with Crippen molar-refractivity contribution in [3.05, 3.63) is 11.6 Å². The van der Waals surface area contributed by atoms with Gasteiger partial charge in [0.1, 0.15) is 13.2 Å². The maximum absolute atomic E-state index is 11.3. The minimum atomic E-state index is -3.82. The van der Waals surface area contributed by atoms with Gasteiger partial charge in [-0.1, -0.05) is 13.8 Å². The van der Waals surface area contributed by atoms with Crippen LogP contribution in [-0.2, 0) is 23.2 Å². The van der Waals surface area contributed by atoms with Gasteiger partial charge >= 0.3 is 13.8 Å². The average molecular weight is 411 g/mol. The number of quaternary nitrogens is 1. The van der Waals surface area contributed by atoms with Crippen LogP contribution in [0.5, 0.6) is 0 Å². The van der Waals surface area contributed by atoms with E-state index in [-0.39, 0.29) is 24.7 Å². The number of hydrogen-bond acceptors (Lipinski definition) is 6. The molecule has 160 valence electrons. The smallest absolute Gasteiger partial charge is 0.472 e. The number of carbonyl (C=O) groups is 2. The van der Waals surface area contributed by atoms with Gasteiger partial charge in [-0.05, 0) is 39.2 Å². The normalized spacial score (nSPS) is 14.3. The zero-order valence-corrected chi connectivity index (χ0v) is 18.0. The van der Waals surface area contributed by atoms with Gasteiger partial charge in [0.05, 0.1) is 32.2 Å². The second kappa shape index (κ2) is 13.8. The van der Waals surface area contributed by atoms with Crippen molar-refractivity contribution in [3.8, 4) is 0 Å². The molecule has 0 radical (unpaired) electrons. The zero-order chi connectivity index (χ0) is 21.7. The van der Waals surface area contributed by atoms with Crippen molar-refractivity contribution in [2.45, 2.75) is 41.5 Å². The molecular weight excluding hydrogens is 377 g/mol. The Kier molecular flexibility index (Phi) is 14.3. The van der Waals surface area contributed by atoms with Crippen LogP contribution in [0.2, 0.25) is 0 Å². The molecule has 0 bridgehead atoms. The molecule has 27 heavy (non-hydrogen) atoms. The Bertz CT molecular complexity index is 521. The van der Waals surface area contributed by atoms with Crippen LogP contribution >= 0.6 is 7.82 Å². The summed E-state index contributed by atoms with van der Waals surface area (Å²) in [4.78, 5) is 29.5. The van der Waals surface area contributed by atoms with Gasteiger partial charge in [0, 0.05) is 6.08 Å². The number of carboxylic acids is 2. The largest absolute Gasteiger partial charge is 0.545 e. The molecule has 0 saturated carbocycles. The van der Waals surface area contributed by atoms with Crippen molar-refractivity contribution in [1.29, 1.82) is 0 Å². The predicted octanol–water partition coefficient (Wildman–Crippen LogP) is 1.42. The molecule has 9 nitrogen and oxygen atoms in total. The number of carboxylic acid groups (broad SMARTS) is 2. The number of aliphatic carboxylic acids is 2. The quantitative estimate of drug-likeness (QED) is 0.280. The van der Waals surface area contributed by atoms with Crippen LogP contribution in [0.1, 0.15) is 41.5 Å². The molecule has 0 aliphatic carbocycles. The van der Waals surface area contributed by atoms with E-state index >= 15 is 0 Å². The maximum atomic E-state index is 11.3. The Hall–Kier alpha value is -1.25. The van der Waals surface area contributed by atoms with Gasteiger partial charge < -0.3 is 24.4 Å². The molecule has 2 N–H and O–H groups in total. The van der Waals surface area contributed by atoms with Crippen LogP contribution in [0.25, 0.3) is 0 Å². The van der Waals surface area contributed by atoms with Crippen molar-refractivity contribution in [2.24, 2.45) is 5.92 Å². The van der Waals surface area contributed by atoms with Crippen LogP contribution in [0.4, 0.5) is 0 Å². The van der Waals surface area contributed by atoms with E-state index in [0.29, 0.717) is 6.08 Å². The lowest BCUT2D eigenvalue weighted by Crippen LogP contribution is -2.49. The number of phosphoric acid groups is 1. The maximum Gasteiger partial charge on any atom is 0.472 e. The van der Waals surface area contributed by atoms with Gasteiger partial charge in [0.2, 0.25) is 0 Å². The average Bonchev–Trinajstić information content (AvgIpc) is 2.57. The van der Waals surface area contributed by atoms with E-state index in [4.69, 9.17) is 9.63 Å². The standard InChI is InChI=1S/C10H24NO4P.C7H10O4/c1-5-11(6-2,7-3)9-10-15-16(12,13)14-8-4;1-4(2)5(7(10)11)3-6(8)9/h5-10H2,1-4H3;3-4H,1-2H3,(H,8,9)(H,10,11)/b;5-3-. The molecular formula is C17H34NO8P. The van der Waals surface area contributed by atoms with Crippen molar-refractivity contribution >= 4 is 19.8 Å². The van der Waals surface area contributed by atoms with Crippen LogP contribution in [-0.4, -0.2) is 65.8 Å². The molecule has 0 heterocycles. The highest BCUT2D eigenvalue weighted by molar-refractivity contribution is 7.47. The first kappa shape index (κ1) is 28.0. The molecule has 0 fully saturated rings. The van der Waals surface area contributed by atoms with E-state index in [1.54, 1.807) is 20.8 Å². The fourth-order valence-corrected chi connectivity index (χ4v) is 3.00. The number of carbonyl (C=O) groups excluding carboxylic acids is 1. The lowest BCUT2D eigenvalue weighted by Gasteiger charge is -2.35. The molecule has 0 aromatic heterocycles. The minimum Gasteiger partial charge on any atom is -0.545 e. The summed E-state index contributed by atoms with van der Waals surface area (Å²) >= 11 is 0. The van der Waals surface area contributed by atoms with E-state index in [1.165, 1.54) is 0 Å². The van der Waals surface area contributed by atoms with Crippen LogP contribution < -0.4 is 5.11 Å². The third kappa shape index (κ3) is 12.7. The molecule has 0 aromatic carbocycles. The molecule has 0 spiro atoms. The van der Waals surface area contributed by atoms with Gasteiger partial charge in [0.25, 0.3) is 0 Å². The van der Waals surface area contributed by atoms with Crippen LogP contribution in [0.15, 0.2) is 11.6 Å². The highest BCUT2D eigenvalue weighted by Gasteiger charge is 2.25. The topological polar surface area (TPSA) is 133 Å². The number of hydrogen-bond donors (Lipinski definition) is 2. The summed E-state index contributed by atoms with van der Waals surface area (Å²) in [6.45, 7) is 15.4. The number of nitrogens with zero attached hydrogens (tertiary/aromatic N) is 1. The number of likely N-dealkylation sites (N-methyl/N-ethyl adjacent to an activating group) is 1. The summed E-state index contributed by atoms with van der Waals surface area (Å²) in [6, 6.07) is 0. The van der Waals surface area contributed by atoms with Crippen molar-refractivity contribution in [1.82, 2.24) is 0 Å². The van der Waals surface area contributed by atoms with E-state index in [1.807, 2.05) is 0 Å². The molecule has 0 aliphatic rings. The first-order chi connectivity index (χ1) is 12.4. The van der Waals surface area contributed by atoms with Crippen LogP contribution in [0.3, 0.4) is 0 Å². The fraction of sp³-hybridized carbons (Fsp3) is 0.765. The van der Waals surface area contributed by atoms with Gasteiger partial charge in [-0.2, -0.15) is 0 Å². The highest BCUT2D eigenvalue weighted by Crippen LogP contribution is 2.42. The Balaban J connectivity index is 0. The molecule has 1 unspecified atom stereocenters. The molecule has 0 aliphatic heterocycles. The molecule has 0 saturated heterocycles. The number of rotatable bonds is 12. The van der Waals surface area contributed by atoms with E-state index < -0.39 is 19.8 Å². The summed E-state index contributed by atoms with van der Waals surface area (Å²) in [5.41, 5.74) is -0.197. The Morgan fingerprint density at radius 2 is 1.59 bits per heavy atom. The van der Waals surface area contributed by atoms with Gasteiger partial charge in [-0.25, -0.2) is 9.36 Å². The van der Waals surface area contributed by atoms with E-state index in [9.17, 15) is 24.2 Å². The first-order valence-electron chi connectivity index (χ1n) is 9.03. The van der Waals surface area contributed by atoms with Crippen LogP contribution in [0, 0.1) is 5.92 Å². The van der Waals surface area contributed by atoms with Gasteiger partial charge in [-0.3, -0.25) is 9.05 Å². The molecule has 1 atom stereocenters. The lowest BCUT2D eigenvalue weighted by atomic mass is 10.0. The number of phosphoric ester groups is 1. The van der Waals surface area contributed by atoms with Gasteiger partial charge in [-0.15, -0.1) is 0 Å².